The van der Waals surface area contributed by atoms with Crippen molar-refractivity contribution >= 4 is 22.5 Å². The van der Waals surface area contributed by atoms with Gasteiger partial charge in [-0.1, -0.05) is 18.2 Å². The predicted molar refractivity (Wildman–Crippen MR) is 106 cm³/mol. The second-order valence-electron chi connectivity index (χ2n) is 7.92. The van der Waals surface area contributed by atoms with E-state index in [2.05, 4.69) is 25.5 Å². The Labute approximate surface area is 178 Å². The second kappa shape index (κ2) is 7.35. The summed E-state index contributed by atoms with van der Waals surface area (Å²) in [5, 5.41) is 11.3. The Hall–Kier alpha value is -3.37. The van der Waals surface area contributed by atoms with Gasteiger partial charge in [0, 0.05) is 11.1 Å². The van der Waals surface area contributed by atoms with E-state index in [-0.39, 0.29) is 11.4 Å². The summed E-state index contributed by atoms with van der Waals surface area (Å²) in [4.78, 5) is 8.44. The Morgan fingerprint density at radius 1 is 1.06 bits per heavy atom. The molecule has 3 heterocycles. The smallest absolute Gasteiger partial charge is 0.266 e. The summed E-state index contributed by atoms with van der Waals surface area (Å²) in [5.41, 5.74) is -0.946. The summed E-state index contributed by atoms with van der Waals surface area (Å²) in [6.45, 7) is 1.60. The lowest BCUT2D eigenvalue weighted by atomic mass is 9.96. The fourth-order valence-corrected chi connectivity index (χ4v) is 4.07. The maximum Gasteiger partial charge on any atom is 0.266 e. The molecule has 5 rings (SSSR count). The molecule has 0 saturated heterocycles. The number of benzene rings is 1. The summed E-state index contributed by atoms with van der Waals surface area (Å²) in [5.74, 6) is -0.747. The SMILES string of the molecule is C[C@@H](Nc1ncnc2c1cc(C1(C(F)F)CC1)c1nncn12)c1cccc(C(F)F)c1F. The number of alkyl halides is 4. The van der Waals surface area contributed by atoms with Crippen molar-refractivity contribution in [3.63, 3.8) is 0 Å². The molecule has 0 aliphatic heterocycles. The van der Waals surface area contributed by atoms with Crippen molar-refractivity contribution in [2.24, 2.45) is 0 Å². The maximum absolute atomic E-state index is 14.6. The molecular formula is C21H17F5N6. The van der Waals surface area contributed by atoms with Gasteiger partial charge in [-0.15, -0.1) is 10.2 Å². The Kier molecular flexibility index (Phi) is 4.72. The summed E-state index contributed by atoms with van der Waals surface area (Å²) < 4.78 is 70.1. The van der Waals surface area contributed by atoms with Crippen molar-refractivity contribution in [1.29, 1.82) is 0 Å². The Bertz CT molecular complexity index is 1320. The van der Waals surface area contributed by atoms with E-state index in [0.717, 1.165) is 6.07 Å². The zero-order valence-electron chi connectivity index (χ0n) is 16.7. The first-order valence-corrected chi connectivity index (χ1v) is 9.92. The summed E-state index contributed by atoms with van der Waals surface area (Å²) in [7, 11) is 0. The van der Waals surface area contributed by atoms with E-state index in [0.29, 0.717) is 35.1 Å². The van der Waals surface area contributed by atoms with Crippen LogP contribution in [0, 0.1) is 5.82 Å². The van der Waals surface area contributed by atoms with Crippen LogP contribution in [-0.2, 0) is 5.41 Å². The second-order valence-corrected chi connectivity index (χ2v) is 7.92. The van der Waals surface area contributed by atoms with E-state index in [1.54, 1.807) is 13.0 Å². The van der Waals surface area contributed by atoms with Gasteiger partial charge in [-0.3, -0.25) is 4.40 Å². The van der Waals surface area contributed by atoms with Gasteiger partial charge in [-0.2, -0.15) is 0 Å². The van der Waals surface area contributed by atoms with E-state index < -0.39 is 35.7 Å². The van der Waals surface area contributed by atoms with Gasteiger partial charge in [0.1, 0.15) is 24.3 Å². The summed E-state index contributed by atoms with van der Waals surface area (Å²) in [6.07, 6.45) is -2.24. The fourth-order valence-electron chi connectivity index (χ4n) is 4.07. The molecule has 3 aromatic heterocycles. The van der Waals surface area contributed by atoms with Crippen molar-refractivity contribution in [3.05, 3.63) is 59.4 Å². The number of rotatable bonds is 6. The van der Waals surface area contributed by atoms with Crippen LogP contribution in [0.4, 0.5) is 27.8 Å². The van der Waals surface area contributed by atoms with Crippen LogP contribution in [0.2, 0.25) is 0 Å². The van der Waals surface area contributed by atoms with E-state index in [1.807, 2.05) is 0 Å². The number of hydrogen-bond donors (Lipinski definition) is 1. The van der Waals surface area contributed by atoms with Gasteiger partial charge in [0.15, 0.2) is 11.3 Å². The number of pyridine rings is 1. The number of aromatic nitrogens is 5. The van der Waals surface area contributed by atoms with Crippen LogP contribution in [0.15, 0.2) is 36.9 Å². The highest BCUT2D eigenvalue weighted by molar-refractivity contribution is 5.90. The van der Waals surface area contributed by atoms with Crippen LogP contribution in [0.3, 0.4) is 0 Å². The lowest BCUT2D eigenvalue weighted by Crippen LogP contribution is -2.19. The average molecular weight is 448 g/mol. The van der Waals surface area contributed by atoms with Gasteiger partial charge < -0.3 is 5.32 Å². The van der Waals surface area contributed by atoms with Crippen LogP contribution >= 0.6 is 0 Å². The minimum Gasteiger partial charge on any atom is -0.363 e. The molecular weight excluding hydrogens is 431 g/mol. The monoisotopic (exact) mass is 448 g/mol. The molecule has 1 N–H and O–H groups in total. The third kappa shape index (κ3) is 3.06. The number of halogens is 5. The molecule has 1 aliphatic carbocycles. The van der Waals surface area contributed by atoms with Gasteiger partial charge in [0.2, 0.25) is 6.43 Å². The third-order valence-corrected chi connectivity index (χ3v) is 6.02. The van der Waals surface area contributed by atoms with Crippen molar-refractivity contribution in [3.8, 4) is 0 Å². The average Bonchev–Trinajstić information content (AvgIpc) is 3.43. The van der Waals surface area contributed by atoms with E-state index in [1.165, 1.54) is 29.2 Å². The van der Waals surface area contributed by atoms with Crippen LogP contribution in [0.1, 0.15) is 48.9 Å². The van der Waals surface area contributed by atoms with Crippen LogP contribution in [0.25, 0.3) is 16.7 Å². The van der Waals surface area contributed by atoms with Gasteiger partial charge in [0.25, 0.3) is 6.43 Å². The highest BCUT2D eigenvalue weighted by Crippen LogP contribution is 2.54. The number of nitrogens with one attached hydrogen (secondary N) is 1. The Morgan fingerprint density at radius 2 is 1.81 bits per heavy atom. The number of anilines is 1. The minimum absolute atomic E-state index is 0.0337. The number of fused-ring (bicyclic) bond motifs is 3. The van der Waals surface area contributed by atoms with Crippen molar-refractivity contribution in [1.82, 2.24) is 24.6 Å². The quantitative estimate of drug-likeness (QED) is 0.410. The number of nitrogens with zero attached hydrogens (tertiary/aromatic N) is 5. The molecule has 0 spiro atoms. The molecule has 1 saturated carbocycles. The minimum atomic E-state index is -2.95. The van der Waals surface area contributed by atoms with E-state index >= 15 is 0 Å². The van der Waals surface area contributed by atoms with Gasteiger partial charge in [-0.05, 0) is 25.8 Å². The first-order chi connectivity index (χ1) is 15.3. The van der Waals surface area contributed by atoms with Gasteiger partial charge >= 0.3 is 0 Å². The Balaban J connectivity index is 1.62. The third-order valence-electron chi connectivity index (χ3n) is 6.02. The summed E-state index contributed by atoms with van der Waals surface area (Å²) >= 11 is 0. The molecule has 1 fully saturated rings. The highest BCUT2D eigenvalue weighted by atomic mass is 19.3. The van der Waals surface area contributed by atoms with Crippen molar-refractivity contribution < 1.29 is 22.0 Å². The van der Waals surface area contributed by atoms with E-state index in [4.69, 9.17) is 0 Å². The first-order valence-electron chi connectivity index (χ1n) is 9.92. The molecule has 0 radical (unpaired) electrons. The van der Waals surface area contributed by atoms with Crippen molar-refractivity contribution in [2.75, 3.05) is 5.32 Å². The molecule has 1 aromatic carbocycles. The molecule has 166 valence electrons. The maximum atomic E-state index is 14.6. The summed E-state index contributed by atoms with van der Waals surface area (Å²) in [6, 6.07) is 4.62. The molecule has 4 aromatic rings. The van der Waals surface area contributed by atoms with Crippen LogP contribution in [-0.4, -0.2) is 31.0 Å². The lowest BCUT2D eigenvalue weighted by Gasteiger charge is -2.20. The molecule has 0 unspecified atom stereocenters. The standard InChI is InChI=1S/C21H17F5N6/c1-10(11-3-2-4-12(15(11)22)16(23)24)30-17-13-7-14(21(5-6-21)20(25)26)19-31-29-9-32(19)18(13)28-8-27-17/h2-4,7-10,16,20H,5-6H2,1H3,(H,27,28,30)/t10-/m1/s1. The molecule has 0 bridgehead atoms. The molecule has 32 heavy (non-hydrogen) atoms. The Morgan fingerprint density at radius 3 is 2.50 bits per heavy atom. The molecule has 1 aliphatic rings. The predicted octanol–water partition coefficient (Wildman–Crippen LogP) is 5.22. The zero-order valence-corrected chi connectivity index (χ0v) is 16.7. The van der Waals surface area contributed by atoms with E-state index in [9.17, 15) is 22.0 Å². The molecule has 11 heteroatoms. The van der Waals surface area contributed by atoms with Crippen LogP contribution < -0.4 is 5.32 Å². The first kappa shape index (κ1) is 20.5. The molecule has 0 amide bonds. The molecule has 1 atom stereocenters. The van der Waals surface area contributed by atoms with Crippen molar-refractivity contribution in [2.45, 2.75) is 44.1 Å². The number of hydrogen-bond acceptors (Lipinski definition) is 5. The highest BCUT2D eigenvalue weighted by Gasteiger charge is 2.54. The zero-order chi connectivity index (χ0) is 22.6. The lowest BCUT2D eigenvalue weighted by molar-refractivity contribution is 0.102. The normalized spacial score (nSPS) is 16.2. The topological polar surface area (TPSA) is 68.0 Å². The fraction of sp³-hybridized carbons (Fsp3) is 0.333. The van der Waals surface area contributed by atoms with Crippen LogP contribution in [0.5, 0.6) is 0 Å². The van der Waals surface area contributed by atoms with Gasteiger partial charge in [-0.25, -0.2) is 31.9 Å². The largest absolute Gasteiger partial charge is 0.363 e. The van der Waals surface area contributed by atoms with Gasteiger partial charge in [0.05, 0.1) is 22.4 Å². The molecule has 6 nitrogen and oxygen atoms in total.